The van der Waals surface area contributed by atoms with Crippen molar-refractivity contribution in [3.05, 3.63) is 96.0 Å². The molecule has 8 heteroatoms. The molecule has 0 aliphatic rings. The minimum atomic E-state index is -0.532. The number of nitriles is 1. The molecule has 0 atom stereocenters. The molecule has 0 radical (unpaired) electrons. The van der Waals surface area contributed by atoms with Crippen LogP contribution in [0.2, 0.25) is 15.1 Å². The maximum absolute atomic E-state index is 12.5. The van der Waals surface area contributed by atoms with Crippen LogP contribution >= 0.6 is 57.4 Å². The van der Waals surface area contributed by atoms with E-state index >= 15 is 0 Å². The average Bonchev–Trinajstić information content (AvgIpc) is 2.74. The smallest absolute Gasteiger partial charge is 0.266 e. The molecule has 0 aliphatic heterocycles. The van der Waals surface area contributed by atoms with Crippen LogP contribution in [0.3, 0.4) is 0 Å². The number of hydrogen-bond donors (Lipinski definition) is 1. The van der Waals surface area contributed by atoms with Gasteiger partial charge in [-0.25, -0.2) is 0 Å². The predicted octanol–water partition coefficient (Wildman–Crippen LogP) is 7.38. The Morgan fingerprint density at radius 3 is 2.29 bits per heavy atom. The molecule has 0 bridgehead atoms. The molecule has 3 aromatic rings. The molecule has 0 unspecified atom stereocenters. The Balaban J connectivity index is 1.77. The number of amides is 1. The predicted molar refractivity (Wildman–Crippen MR) is 134 cm³/mol. The molecule has 1 N–H and O–H groups in total. The number of nitrogens with zero attached hydrogens (tertiary/aromatic N) is 1. The van der Waals surface area contributed by atoms with Crippen LogP contribution in [0.4, 0.5) is 5.69 Å². The van der Waals surface area contributed by atoms with Crippen molar-refractivity contribution in [1.29, 1.82) is 5.26 Å². The normalized spacial score (nSPS) is 11.0. The van der Waals surface area contributed by atoms with Crippen molar-refractivity contribution in [2.75, 3.05) is 5.32 Å². The maximum atomic E-state index is 12.5. The lowest BCUT2D eigenvalue weighted by molar-refractivity contribution is -0.112. The zero-order chi connectivity index (χ0) is 22.4. The van der Waals surface area contributed by atoms with Crippen LogP contribution in [0, 0.1) is 14.9 Å². The topological polar surface area (TPSA) is 62.1 Å². The molecule has 31 heavy (non-hydrogen) atoms. The van der Waals surface area contributed by atoms with E-state index in [9.17, 15) is 10.1 Å². The first-order valence-electron chi connectivity index (χ1n) is 8.91. The highest BCUT2D eigenvalue weighted by Crippen LogP contribution is 2.36. The van der Waals surface area contributed by atoms with Gasteiger partial charge >= 0.3 is 0 Å². The molecule has 0 heterocycles. The van der Waals surface area contributed by atoms with Gasteiger partial charge in [-0.2, -0.15) is 5.26 Å². The maximum Gasteiger partial charge on any atom is 0.266 e. The van der Waals surface area contributed by atoms with Gasteiger partial charge in [-0.3, -0.25) is 4.79 Å². The van der Waals surface area contributed by atoms with Gasteiger partial charge in [0.25, 0.3) is 5.91 Å². The Morgan fingerprint density at radius 1 is 1.03 bits per heavy atom. The van der Waals surface area contributed by atoms with Crippen LogP contribution in [-0.2, 0) is 11.4 Å². The fourth-order valence-corrected chi connectivity index (χ4v) is 3.78. The standard InChI is InChI=1S/C23H14Cl3IN2O2/c24-19-4-2-1-3-15(19)13-31-22-20(25)10-14(11-21(22)26)9-16(12-28)23(30)29-18-7-5-17(27)6-8-18/h1-11H,13H2,(H,29,30)/b16-9+. The highest BCUT2D eigenvalue weighted by molar-refractivity contribution is 14.1. The summed E-state index contributed by atoms with van der Waals surface area (Å²) in [4.78, 5) is 12.5. The van der Waals surface area contributed by atoms with E-state index in [0.29, 0.717) is 22.0 Å². The van der Waals surface area contributed by atoms with Crippen LogP contribution in [0.25, 0.3) is 6.08 Å². The van der Waals surface area contributed by atoms with Crippen LogP contribution in [0.15, 0.2) is 66.2 Å². The molecule has 3 aromatic carbocycles. The fourth-order valence-electron chi connectivity index (χ4n) is 2.61. The summed E-state index contributed by atoms with van der Waals surface area (Å²) in [5.41, 5.74) is 1.79. The fraction of sp³-hybridized carbons (Fsp3) is 0.0435. The SMILES string of the molecule is N#C/C(=C\c1cc(Cl)c(OCc2ccccc2Cl)c(Cl)c1)C(=O)Nc1ccc(I)cc1. The molecule has 156 valence electrons. The number of carbonyl (C=O) groups excluding carboxylic acids is 1. The molecule has 0 saturated heterocycles. The van der Waals surface area contributed by atoms with Crippen LogP contribution in [0.1, 0.15) is 11.1 Å². The molecule has 0 fully saturated rings. The van der Waals surface area contributed by atoms with Gasteiger partial charge in [0.15, 0.2) is 5.75 Å². The lowest BCUT2D eigenvalue weighted by atomic mass is 10.1. The van der Waals surface area contributed by atoms with E-state index in [1.165, 1.54) is 6.08 Å². The van der Waals surface area contributed by atoms with Gasteiger partial charge in [0.05, 0.1) is 10.0 Å². The highest BCUT2D eigenvalue weighted by Gasteiger charge is 2.13. The summed E-state index contributed by atoms with van der Waals surface area (Å²) >= 11 is 21.0. The highest BCUT2D eigenvalue weighted by atomic mass is 127. The van der Waals surface area contributed by atoms with Crippen LogP contribution in [-0.4, -0.2) is 5.91 Å². The Hall–Kier alpha value is -2.24. The second-order valence-corrected chi connectivity index (χ2v) is 8.79. The van der Waals surface area contributed by atoms with Gasteiger partial charge in [-0.1, -0.05) is 53.0 Å². The Bertz CT molecular complexity index is 1170. The summed E-state index contributed by atoms with van der Waals surface area (Å²) in [5, 5.41) is 13.2. The van der Waals surface area contributed by atoms with Gasteiger partial charge in [-0.05, 0) is 76.7 Å². The van der Waals surface area contributed by atoms with Crippen LogP contribution < -0.4 is 10.1 Å². The summed E-state index contributed by atoms with van der Waals surface area (Å²) in [5.74, 6) is -0.239. The molecular weight excluding hydrogens is 570 g/mol. The Morgan fingerprint density at radius 2 is 1.68 bits per heavy atom. The Kier molecular flexibility index (Phi) is 8.22. The number of ether oxygens (including phenoxy) is 1. The van der Waals surface area contributed by atoms with E-state index < -0.39 is 5.91 Å². The molecule has 0 saturated carbocycles. The first kappa shape index (κ1) is 23.4. The largest absolute Gasteiger partial charge is 0.486 e. The first-order chi connectivity index (χ1) is 14.9. The van der Waals surface area contributed by atoms with E-state index in [-0.39, 0.29) is 22.2 Å². The second-order valence-electron chi connectivity index (χ2n) is 6.32. The number of halogens is 4. The quantitative estimate of drug-likeness (QED) is 0.187. The van der Waals surface area contributed by atoms with Crippen molar-refractivity contribution in [2.45, 2.75) is 6.61 Å². The van der Waals surface area contributed by atoms with E-state index in [0.717, 1.165) is 9.13 Å². The van der Waals surface area contributed by atoms with Gasteiger partial charge in [0.1, 0.15) is 18.2 Å². The van der Waals surface area contributed by atoms with Gasteiger partial charge < -0.3 is 10.1 Å². The lowest BCUT2D eigenvalue weighted by Crippen LogP contribution is -2.13. The third kappa shape index (κ3) is 6.37. The van der Waals surface area contributed by atoms with Crippen molar-refractivity contribution < 1.29 is 9.53 Å². The molecular formula is C23H14Cl3IN2O2. The monoisotopic (exact) mass is 582 g/mol. The minimum absolute atomic E-state index is 0.0876. The third-order valence-electron chi connectivity index (χ3n) is 4.13. The van der Waals surface area contributed by atoms with E-state index in [4.69, 9.17) is 39.5 Å². The second kappa shape index (κ2) is 10.9. The Labute approximate surface area is 208 Å². The molecule has 3 rings (SSSR count). The third-order valence-corrected chi connectivity index (χ3v) is 5.78. The molecule has 0 spiro atoms. The number of anilines is 1. The summed E-state index contributed by atoms with van der Waals surface area (Å²) in [7, 11) is 0. The van der Waals surface area contributed by atoms with Crippen molar-refractivity contribution in [3.8, 4) is 11.8 Å². The average molecular weight is 584 g/mol. The summed E-state index contributed by atoms with van der Waals surface area (Å²) in [6.07, 6.45) is 1.41. The molecule has 1 amide bonds. The molecule has 4 nitrogen and oxygen atoms in total. The van der Waals surface area contributed by atoms with Gasteiger partial charge in [0.2, 0.25) is 0 Å². The van der Waals surface area contributed by atoms with Crippen LogP contribution in [0.5, 0.6) is 5.75 Å². The zero-order valence-electron chi connectivity index (χ0n) is 15.8. The summed E-state index contributed by atoms with van der Waals surface area (Å²) in [6.45, 7) is 0.191. The van der Waals surface area contributed by atoms with Crippen molar-refractivity contribution in [1.82, 2.24) is 0 Å². The number of benzene rings is 3. The van der Waals surface area contributed by atoms with Crippen molar-refractivity contribution >= 4 is 75.1 Å². The van der Waals surface area contributed by atoms with Gasteiger partial charge in [0, 0.05) is 19.8 Å². The summed E-state index contributed by atoms with van der Waals surface area (Å²) < 4.78 is 6.78. The number of nitrogens with one attached hydrogen (secondary N) is 1. The minimum Gasteiger partial charge on any atom is -0.486 e. The molecule has 0 aromatic heterocycles. The number of carbonyl (C=O) groups is 1. The van der Waals surface area contributed by atoms with E-state index in [2.05, 4.69) is 27.9 Å². The summed E-state index contributed by atoms with van der Waals surface area (Å²) in [6, 6.07) is 19.6. The van der Waals surface area contributed by atoms with E-state index in [1.54, 1.807) is 30.3 Å². The van der Waals surface area contributed by atoms with Crippen molar-refractivity contribution in [2.24, 2.45) is 0 Å². The lowest BCUT2D eigenvalue weighted by Gasteiger charge is -2.12. The number of rotatable bonds is 6. The number of hydrogen-bond acceptors (Lipinski definition) is 3. The van der Waals surface area contributed by atoms with Gasteiger partial charge in [-0.15, -0.1) is 0 Å². The van der Waals surface area contributed by atoms with Crippen molar-refractivity contribution in [3.63, 3.8) is 0 Å². The zero-order valence-corrected chi connectivity index (χ0v) is 20.3. The van der Waals surface area contributed by atoms with E-state index in [1.807, 2.05) is 36.4 Å². The molecule has 0 aliphatic carbocycles. The first-order valence-corrected chi connectivity index (χ1v) is 11.1.